The fraction of sp³-hybridized carbons (Fsp3) is 0.533. The second kappa shape index (κ2) is 5.17. The molecule has 1 amide bonds. The molecule has 1 saturated carbocycles. The van der Waals surface area contributed by atoms with Crippen molar-refractivity contribution >= 4 is 17.7 Å². The van der Waals surface area contributed by atoms with Gasteiger partial charge in [0.15, 0.2) is 0 Å². The molecule has 1 aromatic rings. The number of hydrogen-bond acceptors (Lipinski definition) is 3. The molecular formula is C15H19NO2S. The summed E-state index contributed by atoms with van der Waals surface area (Å²) in [4.78, 5) is 13.7. The molecule has 1 aliphatic carbocycles. The Hall–Kier alpha value is -1.00. The molecule has 2 N–H and O–H groups in total. The second-order valence-electron chi connectivity index (χ2n) is 5.54. The monoisotopic (exact) mass is 277 g/mol. The SMILES string of the molecule is O=C(NC1(CO)CCCC1)C1CSc2ccccc21. The van der Waals surface area contributed by atoms with E-state index in [-0.39, 0.29) is 24.0 Å². The number of rotatable bonds is 3. The third kappa shape index (κ3) is 2.39. The molecule has 1 fully saturated rings. The van der Waals surface area contributed by atoms with Gasteiger partial charge >= 0.3 is 0 Å². The molecule has 0 aromatic heterocycles. The van der Waals surface area contributed by atoms with Gasteiger partial charge in [-0.15, -0.1) is 11.8 Å². The molecule has 3 rings (SSSR count). The van der Waals surface area contributed by atoms with Crippen LogP contribution in [0.4, 0.5) is 0 Å². The Kier molecular flexibility index (Phi) is 3.54. The van der Waals surface area contributed by atoms with Gasteiger partial charge in [-0.3, -0.25) is 4.79 Å². The topological polar surface area (TPSA) is 49.3 Å². The summed E-state index contributed by atoms with van der Waals surface area (Å²) in [6.45, 7) is 0.0558. The van der Waals surface area contributed by atoms with E-state index in [1.54, 1.807) is 11.8 Å². The molecule has 0 radical (unpaired) electrons. The number of amides is 1. The minimum atomic E-state index is -0.362. The molecule has 19 heavy (non-hydrogen) atoms. The molecular weight excluding hydrogens is 258 g/mol. The maximum absolute atomic E-state index is 12.5. The number of carbonyl (C=O) groups is 1. The molecule has 0 spiro atoms. The van der Waals surface area contributed by atoms with E-state index in [4.69, 9.17) is 0 Å². The highest BCUT2D eigenvalue weighted by Gasteiger charge is 2.38. The number of fused-ring (bicyclic) bond motifs is 1. The first-order chi connectivity index (χ1) is 9.24. The minimum absolute atomic E-state index is 0.0558. The van der Waals surface area contributed by atoms with Crippen molar-refractivity contribution in [3.63, 3.8) is 0 Å². The van der Waals surface area contributed by atoms with Crippen molar-refractivity contribution in [3.8, 4) is 0 Å². The third-order valence-electron chi connectivity index (χ3n) is 4.27. The first-order valence-electron chi connectivity index (χ1n) is 6.89. The van der Waals surface area contributed by atoms with Gasteiger partial charge in [-0.25, -0.2) is 0 Å². The van der Waals surface area contributed by atoms with Gasteiger partial charge < -0.3 is 10.4 Å². The highest BCUT2D eigenvalue weighted by molar-refractivity contribution is 7.99. The number of aliphatic hydroxyl groups is 1. The van der Waals surface area contributed by atoms with Gasteiger partial charge in [0.05, 0.1) is 18.1 Å². The molecule has 0 saturated heterocycles. The van der Waals surface area contributed by atoms with Crippen LogP contribution >= 0.6 is 11.8 Å². The Morgan fingerprint density at radius 3 is 2.84 bits per heavy atom. The Morgan fingerprint density at radius 1 is 1.37 bits per heavy atom. The second-order valence-corrected chi connectivity index (χ2v) is 6.60. The lowest BCUT2D eigenvalue weighted by Gasteiger charge is -2.29. The van der Waals surface area contributed by atoms with E-state index in [1.165, 1.54) is 4.90 Å². The van der Waals surface area contributed by atoms with Crippen molar-refractivity contribution in [2.24, 2.45) is 0 Å². The number of hydrogen-bond donors (Lipinski definition) is 2. The van der Waals surface area contributed by atoms with Crippen LogP contribution in [-0.2, 0) is 4.79 Å². The largest absolute Gasteiger partial charge is 0.394 e. The van der Waals surface area contributed by atoms with Crippen LogP contribution in [0.25, 0.3) is 0 Å². The predicted octanol–water partition coefficient (Wildman–Crippen LogP) is 2.30. The van der Waals surface area contributed by atoms with Gasteiger partial charge in [0.1, 0.15) is 0 Å². The van der Waals surface area contributed by atoms with Crippen molar-refractivity contribution in [3.05, 3.63) is 29.8 Å². The molecule has 1 atom stereocenters. The van der Waals surface area contributed by atoms with Gasteiger partial charge in [-0.05, 0) is 24.5 Å². The summed E-state index contributed by atoms with van der Waals surface area (Å²) >= 11 is 1.75. The number of carbonyl (C=O) groups excluding carboxylic acids is 1. The van der Waals surface area contributed by atoms with Crippen LogP contribution in [0.2, 0.25) is 0 Å². The number of nitrogens with one attached hydrogen (secondary N) is 1. The van der Waals surface area contributed by atoms with Gasteiger partial charge in [0.2, 0.25) is 5.91 Å². The first kappa shape index (κ1) is 13.0. The molecule has 102 valence electrons. The standard InChI is InChI=1S/C15H19NO2S/c17-10-15(7-3-4-8-15)16-14(18)12-9-19-13-6-2-1-5-11(12)13/h1-2,5-6,12,17H,3-4,7-10H2,(H,16,18). The van der Waals surface area contributed by atoms with E-state index < -0.39 is 0 Å². The first-order valence-corrected chi connectivity index (χ1v) is 7.87. The summed E-state index contributed by atoms with van der Waals surface area (Å²) in [6.07, 6.45) is 3.99. The highest BCUT2D eigenvalue weighted by Crippen LogP contribution is 2.40. The molecule has 1 unspecified atom stereocenters. The van der Waals surface area contributed by atoms with E-state index in [0.717, 1.165) is 37.0 Å². The number of aliphatic hydroxyl groups excluding tert-OH is 1. The van der Waals surface area contributed by atoms with Crippen molar-refractivity contribution in [1.82, 2.24) is 5.32 Å². The average Bonchev–Trinajstić information content (AvgIpc) is 3.05. The van der Waals surface area contributed by atoms with Crippen LogP contribution in [0.5, 0.6) is 0 Å². The number of thioether (sulfide) groups is 1. The normalized spacial score (nSPS) is 24.2. The van der Waals surface area contributed by atoms with E-state index in [2.05, 4.69) is 11.4 Å². The van der Waals surface area contributed by atoms with Crippen molar-refractivity contribution < 1.29 is 9.90 Å². The highest BCUT2D eigenvalue weighted by atomic mass is 32.2. The molecule has 4 heteroatoms. The van der Waals surface area contributed by atoms with Crippen LogP contribution in [0.15, 0.2) is 29.2 Å². The van der Waals surface area contributed by atoms with Gasteiger partial charge in [0, 0.05) is 10.6 Å². The summed E-state index contributed by atoms with van der Waals surface area (Å²) in [5.41, 5.74) is 0.773. The van der Waals surface area contributed by atoms with Crippen molar-refractivity contribution in [1.29, 1.82) is 0 Å². The lowest BCUT2D eigenvalue weighted by atomic mass is 9.95. The van der Waals surface area contributed by atoms with Gasteiger partial charge in [-0.2, -0.15) is 0 Å². The zero-order valence-electron chi connectivity index (χ0n) is 10.9. The lowest BCUT2D eigenvalue weighted by Crippen LogP contribution is -2.50. The van der Waals surface area contributed by atoms with E-state index >= 15 is 0 Å². The Labute approximate surface area is 117 Å². The smallest absolute Gasteiger partial charge is 0.228 e. The van der Waals surface area contributed by atoms with Crippen LogP contribution < -0.4 is 5.32 Å². The summed E-state index contributed by atoms with van der Waals surface area (Å²) in [6, 6.07) is 8.12. The fourth-order valence-electron chi connectivity index (χ4n) is 3.10. The third-order valence-corrected chi connectivity index (χ3v) is 5.45. The quantitative estimate of drug-likeness (QED) is 0.891. The Morgan fingerprint density at radius 2 is 2.11 bits per heavy atom. The molecule has 1 aromatic carbocycles. The zero-order chi connectivity index (χ0) is 13.3. The fourth-order valence-corrected chi connectivity index (χ4v) is 4.33. The summed E-state index contributed by atoms with van der Waals surface area (Å²) in [7, 11) is 0. The maximum Gasteiger partial charge on any atom is 0.228 e. The number of benzene rings is 1. The van der Waals surface area contributed by atoms with Crippen LogP contribution in [0.3, 0.4) is 0 Å². The maximum atomic E-state index is 12.5. The van der Waals surface area contributed by atoms with E-state index in [0.29, 0.717) is 0 Å². The Bertz CT molecular complexity index is 483. The Balaban J connectivity index is 1.75. The average molecular weight is 277 g/mol. The molecule has 2 aliphatic rings. The lowest BCUT2D eigenvalue weighted by molar-refractivity contribution is -0.124. The summed E-state index contributed by atoms with van der Waals surface area (Å²) < 4.78 is 0. The summed E-state index contributed by atoms with van der Waals surface area (Å²) in [5.74, 6) is 0.825. The minimum Gasteiger partial charge on any atom is -0.394 e. The van der Waals surface area contributed by atoms with Gasteiger partial charge in [0.25, 0.3) is 0 Å². The van der Waals surface area contributed by atoms with Crippen LogP contribution in [-0.4, -0.2) is 28.9 Å². The van der Waals surface area contributed by atoms with Crippen molar-refractivity contribution in [2.45, 2.75) is 42.0 Å². The molecule has 1 aliphatic heterocycles. The van der Waals surface area contributed by atoms with Gasteiger partial charge in [-0.1, -0.05) is 31.0 Å². The van der Waals surface area contributed by atoms with Crippen LogP contribution in [0, 0.1) is 0 Å². The molecule has 0 bridgehead atoms. The van der Waals surface area contributed by atoms with E-state index in [1.807, 2.05) is 18.2 Å². The molecule has 3 nitrogen and oxygen atoms in total. The van der Waals surface area contributed by atoms with E-state index in [9.17, 15) is 9.90 Å². The zero-order valence-corrected chi connectivity index (χ0v) is 11.7. The molecule has 1 heterocycles. The van der Waals surface area contributed by atoms with Crippen molar-refractivity contribution in [2.75, 3.05) is 12.4 Å². The van der Waals surface area contributed by atoms with Crippen LogP contribution in [0.1, 0.15) is 37.2 Å². The summed E-state index contributed by atoms with van der Waals surface area (Å²) in [5, 5.41) is 12.7. The predicted molar refractivity (Wildman–Crippen MR) is 76.3 cm³/mol.